The lowest BCUT2D eigenvalue weighted by atomic mass is 10.3. The zero-order valence-electron chi connectivity index (χ0n) is 6.93. The third-order valence-electron chi connectivity index (χ3n) is 1.10. The quantitative estimate of drug-likeness (QED) is 0.414. The predicted molar refractivity (Wildman–Crippen MR) is 44.8 cm³/mol. The molecule has 0 fully saturated rings. The van der Waals surface area contributed by atoms with Crippen LogP contribution < -0.4 is 0 Å². The van der Waals surface area contributed by atoms with E-state index in [1.165, 1.54) is 6.42 Å². The van der Waals surface area contributed by atoms with E-state index in [9.17, 15) is 0 Å². The second-order valence-electron chi connectivity index (χ2n) is 2.22. The minimum atomic E-state index is 0.857. The third kappa shape index (κ3) is 7.38. The summed E-state index contributed by atoms with van der Waals surface area (Å²) in [5.41, 5.74) is 0. The number of hydrogen-bond acceptors (Lipinski definition) is 2. The average molecular weight is 140 g/mol. The lowest BCUT2D eigenvalue weighted by Gasteiger charge is -1.83. The third-order valence-corrected chi connectivity index (χ3v) is 1.10. The van der Waals surface area contributed by atoms with Crippen LogP contribution in [0.25, 0.3) is 0 Å². The summed E-state index contributed by atoms with van der Waals surface area (Å²) >= 11 is 0. The highest BCUT2D eigenvalue weighted by atomic mass is 14.8. The van der Waals surface area contributed by atoms with Gasteiger partial charge in [0.25, 0.3) is 0 Å². The Labute approximate surface area is 63.1 Å². The Kier molecular flexibility index (Phi) is 7.86. The molecule has 0 amide bonds. The van der Waals surface area contributed by atoms with Crippen LogP contribution in [0, 0.1) is 0 Å². The molecule has 0 atom stereocenters. The summed E-state index contributed by atoms with van der Waals surface area (Å²) < 4.78 is 0. The molecular formula is C8H16N2. The van der Waals surface area contributed by atoms with Gasteiger partial charge in [-0.15, -0.1) is 0 Å². The molecule has 0 radical (unpaired) electrons. The molecule has 0 unspecified atom stereocenters. The molecule has 0 bridgehead atoms. The van der Waals surface area contributed by atoms with Crippen LogP contribution in [-0.4, -0.2) is 19.1 Å². The molecule has 2 heteroatoms. The number of hydrogen-bond donors (Lipinski definition) is 0. The van der Waals surface area contributed by atoms with Crippen molar-refractivity contribution in [2.24, 2.45) is 9.98 Å². The van der Waals surface area contributed by atoms with Crippen molar-refractivity contribution in [1.82, 2.24) is 0 Å². The van der Waals surface area contributed by atoms with Crippen molar-refractivity contribution in [3.63, 3.8) is 0 Å². The fourth-order valence-corrected chi connectivity index (χ4v) is 0.499. The van der Waals surface area contributed by atoms with Crippen molar-refractivity contribution in [3.8, 4) is 0 Å². The first-order chi connectivity index (χ1) is 4.91. The Morgan fingerprint density at radius 1 is 1.00 bits per heavy atom. The van der Waals surface area contributed by atoms with E-state index in [1.807, 2.05) is 0 Å². The topological polar surface area (TPSA) is 24.7 Å². The molecule has 10 heavy (non-hydrogen) atoms. The van der Waals surface area contributed by atoms with Crippen LogP contribution in [0.1, 0.15) is 33.1 Å². The van der Waals surface area contributed by atoms with Crippen molar-refractivity contribution < 1.29 is 0 Å². The van der Waals surface area contributed by atoms with E-state index < -0.39 is 0 Å². The van der Waals surface area contributed by atoms with E-state index in [4.69, 9.17) is 0 Å². The molecule has 0 rings (SSSR count). The normalized spacial score (nSPS) is 8.60. The highest BCUT2D eigenvalue weighted by Crippen LogP contribution is 1.84. The summed E-state index contributed by atoms with van der Waals surface area (Å²) in [6.07, 6.45) is 3.42. The molecule has 0 aliphatic heterocycles. The van der Waals surface area contributed by atoms with Gasteiger partial charge in [-0.2, -0.15) is 0 Å². The molecule has 0 saturated heterocycles. The average Bonchev–Trinajstić information content (AvgIpc) is 1.97. The minimum Gasteiger partial charge on any atom is -0.226 e. The fraction of sp³-hybridized carbons (Fsp3) is 0.875. The van der Waals surface area contributed by atoms with Gasteiger partial charge in [-0.3, -0.25) is 0 Å². The lowest BCUT2D eigenvalue weighted by Crippen LogP contribution is -1.77. The zero-order valence-corrected chi connectivity index (χ0v) is 6.93. The van der Waals surface area contributed by atoms with E-state index in [0.717, 1.165) is 25.9 Å². The maximum absolute atomic E-state index is 3.98. The monoisotopic (exact) mass is 140 g/mol. The van der Waals surface area contributed by atoms with Crippen molar-refractivity contribution in [1.29, 1.82) is 0 Å². The van der Waals surface area contributed by atoms with Gasteiger partial charge in [0.15, 0.2) is 0 Å². The van der Waals surface area contributed by atoms with Gasteiger partial charge in [0, 0.05) is 13.1 Å². The number of unbranched alkanes of at least 4 members (excludes halogenated alkanes) is 1. The molecule has 0 aliphatic carbocycles. The maximum atomic E-state index is 3.98. The van der Waals surface area contributed by atoms with E-state index in [2.05, 4.69) is 29.8 Å². The smallest absolute Gasteiger partial charge is 0.0892 e. The summed E-state index contributed by atoms with van der Waals surface area (Å²) in [5.74, 6) is 0. The van der Waals surface area contributed by atoms with E-state index in [1.54, 1.807) is 0 Å². The Balaban J connectivity index is 3.17. The molecule has 0 spiro atoms. The number of aliphatic imine (C=N–C) groups is 2. The molecule has 0 aromatic carbocycles. The highest BCUT2D eigenvalue weighted by Gasteiger charge is 1.75. The van der Waals surface area contributed by atoms with Crippen LogP contribution in [0.15, 0.2) is 9.98 Å². The first-order valence-electron chi connectivity index (χ1n) is 3.99. The van der Waals surface area contributed by atoms with Gasteiger partial charge in [-0.1, -0.05) is 20.3 Å². The maximum Gasteiger partial charge on any atom is 0.0892 e. The second-order valence-corrected chi connectivity index (χ2v) is 2.22. The molecule has 0 aliphatic rings. The van der Waals surface area contributed by atoms with Gasteiger partial charge in [0.2, 0.25) is 0 Å². The molecule has 0 heterocycles. The van der Waals surface area contributed by atoms with E-state index in [0.29, 0.717) is 0 Å². The van der Waals surface area contributed by atoms with Crippen LogP contribution >= 0.6 is 0 Å². The SMILES string of the molecule is CCCCN=C=NCCC. The summed E-state index contributed by atoms with van der Waals surface area (Å²) in [7, 11) is 0. The summed E-state index contributed by atoms with van der Waals surface area (Å²) in [5, 5.41) is 0. The van der Waals surface area contributed by atoms with Crippen LogP contribution in [-0.2, 0) is 0 Å². The van der Waals surface area contributed by atoms with Crippen molar-refractivity contribution in [3.05, 3.63) is 0 Å². The standard InChI is InChI=1S/C8H16N2/c1-3-5-7-10-8-9-6-4-2/h3-7H2,1-2H3. The Morgan fingerprint density at radius 3 is 2.30 bits per heavy atom. The molecule has 0 aromatic rings. The molecule has 0 aromatic heterocycles. The number of rotatable bonds is 5. The van der Waals surface area contributed by atoms with Crippen molar-refractivity contribution >= 4 is 6.01 Å². The van der Waals surface area contributed by atoms with Crippen molar-refractivity contribution in [2.75, 3.05) is 13.1 Å². The molecular weight excluding hydrogens is 124 g/mol. The van der Waals surface area contributed by atoms with Gasteiger partial charge in [0.1, 0.15) is 0 Å². The Hall–Kier alpha value is -0.620. The summed E-state index contributed by atoms with van der Waals surface area (Å²) in [6, 6.07) is 2.67. The molecule has 2 nitrogen and oxygen atoms in total. The summed E-state index contributed by atoms with van der Waals surface area (Å²) in [4.78, 5) is 7.93. The lowest BCUT2D eigenvalue weighted by molar-refractivity contribution is 0.809. The predicted octanol–water partition coefficient (Wildman–Crippen LogP) is 2.37. The Bertz CT molecular complexity index is 112. The van der Waals surface area contributed by atoms with Crippen molar-refractivity contribution in [2.45, 2.75) is 33.1 Å². The number of nitrogens with zero attached hydrogens (tertiary/aromatic N) is 2. The largest absolute Gasteiger partial charge is 0.226 e. The second kappa shape index (κ2) is 8.38. The van der Waals surface area contributed by atoms with Gasteiger partial charge in [0.05, 0.1) is 6.01 Å². The minimum absolute atomic E-state index is 0.857. The van der Waals surface area contributed by atoms with E-state index >= 15 is 0 Å². The molecule has 0 saturated carbocycles. The first kappa shape index (κ1) is 9.38. The van der Waals surface area contributed by atoms with Crippen LogP contribution in [0.3, 0.4) is 0 Å². The van der Waals surface area contributed by atoms with Crippen LogP contribution in [0.5, 0.6) is 0 Å². The van der Waals surface area contributed by atoms with Crippen LogP contribution in [0.2, 0.25) is 0 Å². The van der Waals surface area contributed by atoms with E-state index in [-0.39, 0.29) is 0 Å². The molecule has 58 valence electrons. The highest BCUT2D eigenvalue weighted by molar-refractivity contribution is 5.40. The zero-order chi connectivity index (χ0) is 7.66. The van der Waals surface area contributed by atoms with Gasteiger partial charge < -0.3 is 0 Å². The first-order valence-corrected chi connectivity index (χ1v) is 3.99. The van der Waals surface area contributed by atoms with Gasteiger partial charge >= 0.3 is 0 Å². The van der Waals surface area contributed by atoms with Gasteiger partial charge in [-0.05, 0) is 12.8 Å². The van der Waals surface area contributed by atoms with Crippen LogP contribution in [0.4, 0.5) is 0 Å². The molecule has 0 N–H and O–H groups in total. The van der Waals surface area contributed by atoms with Gasteiger partial charge in [-0.25, -0.2) is 9.98 Å². The Morgan fingerprint density at radius 2 is 1.70 bits per heavy atom. The summed E-state index contributed by atoms with van der Waals surface area (Å²) in [6.45, 7) is 5.98. The fourth-order valence-electron chi connectivity index (χ4n) is 0.499.